The van der Waals surface area contributed by atoms with Gasteiger partial charge in [0, 0.05) is 45.2 Å². The Labute approximate surface area is 178 Å². The highest BCUT2D eigenvalue weighted by Crippen LogP contribution is 2.34. The lowest BCUT2D eigenvalue weighted by Crippen LogP contribution is -2.48. The molecule has 8 heteroatoms. The number of sulfonamides is 1. The molecule has 2 aliphatic rings. The van der Waals surface area contributed by atoms with Crippen molar-refractivity contribution < 1.29 is 22.6 Å². The number of hydrogen-bond acceptors (Lipinski definition) is 6. The predicted molar refractivity (Wildman–Crippen MR) is 114 cm³/mol. The van der Waals surface area contributed by atoms with Gasteiger partial charge in [-0.15, -0.1) is 0 Å². The van der Waals surface area contributed by atoms with E-state index >= 15 is 0 Å². The van der Waals surface area contributed by atoms with E-state index < -0.39 is 10.0 Å². The molecule has 2 aromatic rings. The first kappa shape index (κ1) is 21.0. The molecule has 0 aliphatic carbocycles. The van der Waals surface area contributed by atoms with E-state index in [-0.39, 0.29) is 4.90 Å². The highest BCUT2D eigenvalue weighted by molar-refractivity contribution is 7.89. The molecule has 0 spiro atoms. The average Bonchev–Trinajstić information content (AvgIpc) is 3.21. The summed E-state index contributed by atoms with van der Waals surface area (Å²) in [6, 6.07) is 9.61. The van der Waals surface area contributed by atoms with Gasteiger partial charge in [-0.3, -0.25) is 4.90 Å². The van der Waals surface area contributed by atoms with Crippen molar-refractivity contribution in [3.05, 3.63) is 47.0 Å². The molecule has 0 bridgehead atoms. The Morgan fingerprint density at radius 1 is 1.00 bits per heavy atom. The van der Waals surface area contributed by atoms with Crippen molar-refractivity contribution in [2.45, 2.75) is 24.8 Å². The quantitative estimate of drug-likeness (QED) is 0.699. The monoisotopic (exact) mass is 432 g/mol. The van der Waals surface area contributed by atoms with Gasteiger partial charge in [0.05, 0.1) is 25.7 Å². The smallest absolute Gasteiger partial charge is 0.243 e. The molecular formula is C22H28N2O5S. The second-order valence-corrected chi connectivity index (χ2v) is 9.60. The van der Waals surface area contributed by atoms with Crippen LogP contribution >= 0.6 is 0 Å². The van der Waals surface area contributed by atoms with Crippen LogP contribution in [0.1, 0.15) is 16.7 Å². The van der Waals surface area contributed by atoms with Gasteiger partial charge in [-0.1, -0.05) is 12.1 Å². The third kappa shape index (κ3) is 3.99. The molecule has 0 atom stereocenters. The fraction of sp³-hybridized carbons (Fsp3) is 0.455. The summed E-state index contributed by atoms with van der Waals surface area (Å²) >= 11 is 0. The first-order valence-corrected chi connectivity index (χ1v) is 11.6. The van der Waals surface area contributed by atoms with Crippen molar-refractivity contribution in [3.63, 3.8) is 0 Å². The number of methoxy groups -OCH3 is 2. The molecule has 0 amide bonds. The fourth-order valence-electron chi connectivity index (χ4n) is 4.10. The molecule has 2 aliphatic heterocycles. The number of nitrogens with zero attached hydrogens (tertiary/aromatic N) is 2. The number of hydrogen-bond donors (Lipinski definition) is 0. The van der Waals surface area contributed by atoms with Crippen molar-refractivity contribution >= 4 is 10.0 Å². The number of rotatable bonds is 6. The second-order valence-electron chi connectivity index (χ2n) is 7.69. The summed E-state index contributed by atoms with van der Waals surface area (Å²) in [5.74, 6) is 1.93. The minimum absolute atomic E-state index is 0.271. The van der Waals surface area contributed by atoms with Crippen LogP contribution in [0.2, 0.25) is 0 Å². The Balaban J connectivity index is 1.44. The average molecular weight is 433 g/mol. The maximum absolute atomic E-state index is 13.3. The number of benzene rings is 2. The number of ether oxygens (including phenoxy) is 3. The van der Waals surface area contributed by atoms with Crippen LogP contribution in [-0.2, 0) is 23.0 Å². The molecule has 162 valence electrons. The van der Waals surface area contributed by atoms with Crippen LogP contribution in [0.5, 0.6) is 17.2 Å². The highest BCUT2D eigenvalue weighted by Gasteiger charge is 2.30. The Kier molecular flexibility index (Phi) is 5.90. The lowest BCUT2D eigenvalue weighted by atomic mass is 10.1. The third-order valence-corrected chi connectivity index (χ3v) is 7.83. The van der Waals surface area contributed by atoms with Crippen LogP contribution in [-0.4, -0.2) is 64.6 Å². The molecule has 0 unspecified atom stereocenters. The summed E-state index contributed by atoms with van der Waals surface area (Å²) in [5, 5.41) is 0. The molecule has 0 saturated carbocycles. The molecular weight excluding hydrogens is 404 g/mol. The van der Waals surface area contributed by atoms with Crippen LogP contribution in [0.25, 0.3) is 0 Å². The van der Waals surface area contributed by atoms with Gasteiger partial charge in [-0.2, -0.15) is 4.31 Å². The first-order valence-electron chi connectivity index (χ1n) is 10.1. The van der Waals surface area contributed by atoms with Gasteiger partial charge in [-0.05, 0) is 35.7 Å². The predicted octanol–water partition coefficient (Wildman–Crippen LogP) is 2.45. The lowest BCUT2D eigenvalue weighted by molar-refractivity contribution is 0.181. The third-order valence-electron chi connectivity index (χ3n) is 5.79. The van der Waals surface area contributed by atoms with Gasteiger partial charge < -0.3 is 14.2 Å². The molecule has 1 saturated heterocycles. The van der Waals surface area contributed by atoms with E-state index in [1.807, 2.05) is 6.07 Å². The number of piperazine rings is 1. The second kappa shape index (κ2) is 8.45. The summed E-state index contributed by atoms with van der Waals surface area (Å²) in [5.41, 5.74) is 3.15. The lowest BCUT2D eigenvalue weighted by Gasteiger charge is -2.34. The van der Waals surface area contributed by atoms with Crippen molar-refractivity contribution in [2.24, 2.45) is 0 Å². The van der Waals surface area contributed by atoms with Gasteiger partial charge in [0.15, 0.2) is 11.5 Å². The summed E-state index contributed by atoms with van der Waals surface area (Å²) in [6.45, 7) is 5.66. The van der Waals surface area contributed by atoms with Crippen LogP contribution in [0.3, 0.4) is 0 Å². The van der Waals surface area contributed by atoms with E-state index in [0.717, 1.165) is 25.3 Å². The molecule has 2 heterocycles. The minimum atomic E-state index is -3.60. The zero-order chi connectivity index (χ0) is 21.3. The summed E-state index contributed by atoms with van der Waals surface area (Å²) in [4.78, 5) is 2.57. The summed E-state index contributed by atoms with van der Waals surface area (Å²) < 4.78 is 44.3. The normalized spacial score (nSPS) is 17.4. The zero-order valence-corrected chi connectivity index (χ0v) is 18.5. The Hall–Kier alpha value is -2.29. The zero-order valence-electron chi connectivity index (χ0n) is 17.7. The molecule has 30 heavy (non-hydrogen) atoms. The molecule has 0 aromatic heterocycles. The molecule has 7 nitrogen and oxygen atoms in total. The number of fused-ring (bicyclic) bond motifs is 1. The van der Waals surface area contributed by atoms with Crippen LogP contribution in [0.4, 0.5) is 0 Å². The van der Waals surface area contributed by atoms with Crippen molar-refractivity contribution in [1.29, 1.82) is 0 Å². The van der Waals surface area contributed by atoms with E-state index in [4.69, 9.17) is 14.2 Å². The van der Waals surface area contributed by atoms with E-state index in [2.05, 4.69) is 17.0 Å². The van der Waals surface area contributed by atoms with Crippen molar-refractivity contribution in [2.75, 3.05) is 47.0 Å². The van der Waals surface area contributed by atoms with Gasteiger partial charge in [0.25, 0.3) is 0 Å². The molecule has 0 radical (unpaired) electrons. The van der Waals surface area contributed by atoms with Crippen LogP contribution < -0.4 is 14.2 Å². The topological polar surface area (TPSA) is 68.3 Å². The summed E-state index contributed by atoms with van der Waals surface area (Å²) in [7, 11) is -0.552. The van der Waals surface area contributed by atoms with Gasteiger partial charge in [0.2, 0.25) is 10.0 Å². The molecule has 4 rings (SSSR count). The maximum atomic E-state index is 13.3. The molecule has 2 aromatic carbocycles. The van der Waals surface area contributed by atoms with Gasteiger partial charge in [-0.25, -0.2) is 8.42 Å². The van der Waals surface area contributed by atoms with E-state index in [9.17, 15) is 8.42 Å². The Morgan fingerprint density at radius 3 is 2.40 bits per heavy atom. The van der Waals surface area contributed by atoms with E-state index in [0.29, 0.717) is 43.2 Å². The SMILES string of the molecule is COc1cc(C)c(S(=O)(=O)N2CCN(Cc3ccc4c(c3)CCO4)CC2)cc1OC. The fourth-order valence-corrected chi connectivity index (χ4v) is 5.75. The Bertz CT molecular complexity index is 1030. The maximum Gasteiger partial charge on any atom is 0.243 e. The summed E-state index contributed by atoms with van der Waals surface area (Å²) in [6.07, 6.45) is 0.958. The number of aryl methyl sites for hydroxylation is 1. The van der Waals surface area contributed by atoms with E-state index in [1.165, 1.54) is 18.2 Å². The highest BCUT2D eigenvalue weighted by atomic mass is 32.2. The van der Waals surface area contributed by atoms with Crippen LogP contribution in [0.15, 0.2) is 35.2 Å². The first-order chi connectivity index (χ1) is 14.4. The molecule has 0 N–H and O–H groups in total. The standard InChI is InChI=1S/C22H28N2O5S/c1-16-12-20(27-2)21(28-3)14-22(16)30(25,26)24-9-7-23(8-10-24)15-17-4-5-19-18(13-17)6-11-29-19/h4-5,12-14H,6-11,15H2,1-3H3. The van der Waals surface area contributed by atoms with Crippen molar-refractivity contribution in [3.8, 4) is 17.2 Å². The Morgan fingerprint density at radius 2 is 1.70 bits per heavy atom. The van der Waals surface area contributed by atoms with Crippen LogP contribution in [0, 0.1) is 6.92 Å². The minimum Gasteiger partial charge on any atom is -0.493 e. The van der Waals surface area contributed by atoms with Gasteiger partial charge >= 0.3 is 0 Å². The molecule has 1 fully saturated rings. The van der Waals surface area contributed by atoms with Crippen molar-refractivity contribution in [1.82, 2.24) is 9.21 Å². The van der Waals surface area contributed by atoms with Gasteiger partial charge in [0.1, 0.15) is 5.75 Å². The van der Waals surface area contributed by atoms with E-state index in [1.54, 1.807) is 30.5 Å². The largest absolute Gasteiger partial charge is 0.493 e.